The highest BCUT2D eigenvalue weighted by Gasteiger charge is 2.19. The zero-order valence-corrected chi connectivity index (χ0v) is 11.5. The lowest BCUT2D eigenvalue weighted by molar-refractivity contribution is 0.557. The summed E-state index contributed by atoms with van der Waals surface area (Å²) in [6.45, 7) is 0. The summed E-state index contributed by atoms with van der Waals surface area (Å²) in [6, 6.07) is 8.15. The fourth-order valence-electron chi connectivity index (χ4n) is 2.35. The Balaban J connectivity index is 2.04. The average Bonchev–Trinajstić information content (AvgIpc) is 2.39. The molecule has 1 unspecified atom stereocenters. The van der Waals surface area contributed by atoms with E-state index in [0.717, 1.165) is 46.4 Å². The van der Waals surface area contributed by atoms with Crippen molar-refractivity contribution in [3.63, 3.8) is 0 Å². The first kappa shape index (κ1) is 11.8. The molecule has 1 aliphatic carbocycles. The minimum atomic E-state index is 0.102. The molecule has 0 radical (unpaired) electrons. The van der Waals surface area contributed by atoms with Crippen molar-refractivity contribution in [1.82, 2.24) is 9.97 Å². The summed E-state index contributed by atoms with van der Waals surface area (Å²) >= 11 is 3.47. The van der Waals surface area contributed by atoms with Gasteiger partial charge in [0.05, 0.1) is 0 Å². The number of aryl methyl sites for hydroxylation is 1. The van der Waals surface area contributed by atoms with Crippen molar-refractivity contribution in [2.24, 2.45) is 5.73 Å². The van der Waals surface area contributed by atoms with Crippen LogP contribution in [0.5, 0.6) is 0 Å². The van der Waals surface area contributed by atoms with Crippen molar-refractivity contribution in [2.75, 3.05) is 0 Å². The predicted octanol–water partition coefficient (Wildman–Crippen LogP) is 3.24. The van der Waals surface area contributed by atoms with Crippen LogP contribution in [0.2, 0.25) is 0 Å². The van der Waals surface area contributed by atoms with Crippen molar-refractivity contribution in [3.05, 3.63) is 46.2 Å². The second-order valence-corrected chi connectivity index (χ2v) is 5.52. The standard InChI is InChI=1S/C14H14BrN3/c15-10-4-1-3-9(7-10)14-17-8-11-12(16)5-2-6-13(11)18-14/h1,3-4,7-8,12H,2,5-6,16H2. The molecular weight excluding hydrogens is 290 g/mol. The Kier molecular flexibility index (Phi) is 3.14. The quantitative estimate of drug-likeness (QED) is 0.880. The van der Waals surface area contributed by atoms with Crippen LogP contribution < -0.4 is 5.73 Å². The number of hydrogen-bond donors (Lipinski definition) is 1. The van der Waals surface area contributed by atoms with Crippen molar-refractivity contribution < 1.29 is 0 Å². The van der Waals surface area contributed by atoms with Gasteiger partial charge in [-0.15, -0.1) is 0 Å². The van der Waals surface area contributed by atoms with E-state index in [9.17, 15) is 0 Å². The maximum atomic E-state index is 6.07. The number of halogens is 1. The highest BCUT2D eigenvalue weighted by molar-refractivity contribution is 9.10. The first-order chi connectivity index (χ1) is 8.74. The summed E-state index contributed by atoms with van der Waals surface area (Å²) in [5.74, 6) is 0.782. The third kappa shape index (κ3) is 2.18. The molecule has 2 aromatic rings. The SMILES string of the molecule is NC1CCCc2nc(-c3cccc(Br)c3)ncc21. The summed E-state index contributed by atoms with van der Waals surface area (Å²) < 4.78 is 1.04. The van der Waals surface area contributed by atoms with Crippen LogP contribution in [0.1, 0.15) is 30.1 Å². The molecule has 3 nitrogen and oxygen atoms in total. The number of fused-ring (bicyclic) bond motifs is 1. The lowest BCUT2D eigenvalue weighted by Crippen LogP contribution is -2.19. The number of benzene rings is 1. The molecule has 92 valence electrons. The van der Waals surface area contributed by atoms with Gasteiger partial charge < -0.3 is 5.73 Å². The molecule has 18 heavy (non-hydrogen) atoms. The van der Waals surface area contributed by atoms with Crippen LogP contribution in [0.3, 0.4) is 0 Å². The van der Waals surface area contributed by atoms with Gasteiger partial charge in [0.15, 0.2) is 5.82 Å². The number of aromatic nitrogens is 2. The minimum Gasteiger partial charge on any atom is -0.324 e. The van der Waals surface area contributed by atoms with E-state index in [2.05, 4.69) is 25.9 Å². The molecule has 0 amide bonds. The van der Waals surface area contributed by atoms with Gasteiger partial charge in [0.1, 0.15) is 0 Å². The molecule has 1 aromatic heterocycles. The molecule has 0 spiro atoms. The van der Waals surface area contributed by atoms with Crippen LogP contribution in [-0.2, 0) is 6.42 Å². The molecule has 1 atom stereocenters. The van der Waals surface area contributed by atoms with E-state index in [1.54, 1.807) is 0 Å². The molecular formula is C14H14BrN3. The van der Waals surface area contributed by atoms with E-state index in [4.69, 9.17) is 5.73 Å². The third-order valence-corrected chi connectivity index (χ3v) is 3.80. The Labute approximate surface area is 115 Å². The van der Waals surface area contributed by atoms with Gasteiger partial charge in [-0.2, -0.15) is 0 Å². The fraction of sp³-hybridized carbons (Fsp3) is 0.286. The molecule has 1 aliphatic rings. The van der Waals surface area contributed by atoms with Crippen LogP contribution in [0.25, 0.3) is 11.4 Å². The second kappa shape index (κ2) is 4.78. The highest BCUT2D eigenvalue weighted by Crippen LogP contribution is 2.28. The maximum absolute atomic E-state index is 6.07. The molecule has 0 bridgehead atoms. The van der Waals surface area contributed by atoms with Gasteiger partial charge in [0.2, 0.25) is 0 Å². The smallest absolute Gasteiger partial charge is 0.159 e. The summed E-state index contributed by atoms with van der Waals surface area (Å²) in [6.07, 6.45) is 5.05. The summed E-state index contributed by atoms with van der Waals surface area (Å²) in [4.78, 5) is 9.10. The van der Waals surface area contributed by atoms with E-state index >= 15 is 0 Å². The first-order valence-electron chi connectivity index (χ1n) is 6.11. The lowest BCUT2D eigenvalue weighted by Gasteiger charge is -2.21. The molecule has 2 N–H and O–H groups in total. The van der Waals surface area contributed by atoms with Gasteiger partial charge >= 0.3 is 0 Å². The zero-order valence-electron chi connectivity index (χ0n) is 9.94. The van der Waals surface area contributed by atoms with Gasteiger partial charge in [-0.3, -0.25) is 0 Å². The Morgan fingerprint density at radius 2 is 2.22 bits per heavy atom. The number of hydrogen-bond acceptors (Lipinski definition) is 3. The van der Waals surface area contributed by atoms with Gasteiger partial charge in [-0.05, 0) is 31.4 Å². The van der Waals surface area contributed by atoms with Crippen LogP contribution in [0, 0.1) is 0 Å². The van der Waals surface area contributed by atoms with Crippen molar-refractivity contribution in [3.8, 4) is 11.4 Å². The molecule has 0 fully saturated rings. The third-order valence-electron chi connectivity index (χ3n) is 3.31. The number of nitrogens with zero attached hydrogens (tertiary/aromatic N) is 2. The van der Waals surface area contributed by atoms with E-state index < -0.39 is 0 Å². The van der Waals surface area contributed by atoms with Gasteiger partial charge in [-0.1, -0.05) is 28.1 Å². The molecule has 1 heterocycles. The maximum Gasteiger partial charge on any atom is 0.159 e. The minimum absolute atomic E-state index is 0.102. The lowest BCUT2D eigenvalue weighted by atomic mass is 9.93. The summed E-state index contributed by atoms with van der Waals surface area (Å²) in [5, 5.41) is 0. The Morgan fingerprint density at radius 3 is 3.06 bits per heavy atom. The van der Waals surface area contributed by atoms with Crippen molar-refractivity contribution in [1.29, 1.82) is 0 Å². The fourth-order valence-corrected chi connectivity index (χ4v) is 2.75. The Bertz CT molecular complexity index is 583. The van der Waals surface area contributed by atoms with E-state index in [-0.39, 0.29) is 6.04 Å². The second-order valence-electron chi connectivity index (χ2n) is 4.60. The first-order valence-corrected chi connectivity index (χ1v) is 6.90. The van der Waals surface area contributed by atoms with Gasteiger partial charge in [0.25, 0.3) is 0 Å². The number of rotatable bonds is 1. The summed E-state index contributed by atoms with van der Waals surface area (Å²) in [5.41, 5.74) is 9.33. The summed E-state index contributed by atoms with van der Waals surface area (Å²) in [7, 11) is 0. The zero-order chi connectivity index (χ0) is 12.5. The van der Waals surface area contributed by atoms with Crippen molar-refractivity contribution in [2.45, 2.75) is 25.3 Å². The largest absolute Gasteiger partial charge is 0.324 e. The molecule has 4 heteroatoms. The van der Waals surface area contributed by atoms with Crippen LogP contribution >= 0.6 is 15.9 Å². The monoisotopic (exact) mass is 303 g/mol. The normalized spacial score (nSPS) is 18.4. The van der Waals surface area contributed by atoms with E-state index in [1.807, 2.05) is 30.5 Å². The van der Waals surface area contributed by atoms with E-state index in [0.29, 0.717) is 0 Å². The van der Waals surface area contributed by atoms with Crippen LogP contribution in [0.15, 0.2) is 34.9 Å². The van der Waals surface area contributed by atoms with Crippen LogP contribution in [0.4, 0.5) is 0 Å². The Hall–Kier alpha value is -1.26. The molecule has 0 saturated carbocycles. The molecule has 0 aliphatic heterocycles. The molecule has 0 saturated heterocycles. The van der Waals surface area contributed by atoms with E-state index in [1.165, 1.54) is 0 Å². The van der Waals surface area contributed by atoms with Gasteiger partial charge in [0, 0.05) is 33.5 Å². The Morgan fingerprint density at radius 1 is 1.33 bits per heavy atom. The molecule has 3 rings (SSSR count). The topological polar surface area (TPSA) is 51.8 Å². The van der Waals surface area contributed by atoms with Crippen LogP contribution in [-0.4, -0.2) is 9.97 Å². The number of nitrogens with two attached hydrogens (primary N) is 1. The van der Waals surface area contributed by atoms with Gasteiger partial charge in [-0.25, -0.2) is 9.97 Å². The average molecular weight is 304 g/mol. The predicted molar refractivity (Wildman–Crippen MR) is 75.0 cm³/mol. The van der Waals surface area contributed by atoms with Crippen molar-refractivity contribution >= 4 is 15.9 Å². The highest BCUT2D eigenvalue weighted by atomic mass is 79.9. The molecule has 1 aromatic carbocycles.